The van der Waals surface area contributed by atoms with Crippen molar-refractivity contribution in [3.05, 3.63) is 63.1 Å². The molecule has 2 aromatic carbocycles. The van der Waals surface area contributed by atoms with E-state index < -0.39 is 0 Å². The minimum Gasteiger partial charge on any atom is -0.338 e. The Morgan fingerprint density at radius 2 is 1.92 bits per heavy atom. The van der Waals surface area contributed by atoms with Gasteiger partial charge in [0.05, 0.1) is 0 Å². The van der Waals surface area contributed by atoms with Crippen molar-refractivity contribution in [2.75, 3.05) is 25.5 Å². The fraction of sp³-hybridized carbons (Fsp3) is 0.316. The number of benzene rings is 2. The van der Waals surface area contributed by atoms with E-state index in [-0.39, 0.29) is 24.4 Å². The summed E-state index contributed by atoms with van der Waals surface area (Å²) in [5, 5.41) is 6.91. The number of hydrogen-bond acceptors (Lipinski definition) is 2. The van der Waals surface area contributed by atoms with Crippen LogP contribution >= 0.6 is 35.6 Å². The van der Waals surface area contributed by atoms with Crippen LogP contribution in [0.5, 0.6) is 0 Å². The topological polar surface area (TPSA) is 44.4 Å². The number of likely N-dealkylation sites (N-methyl/N-ethyl adjacent to an activating group) is 1. The highest BCUT2D eigenvalue weighted by Crippen LogP contribution is 2.38. The Bertz CT molecular complexity index is 780. The highest BCUT2D eigenvalue weighted by Gasteiger charge is 2.27. The normalized spacial score (nSPS) is 16.4. The summed E-state index contributed by atoms with van der Waals surface area (Å²) in [4.78, 5) is 13.9. The van der Waals surface area contributed by atoms with E-state index >= 15 is 0 Å². The molecule has 2 amide bonds. The van der Waals surface area contributed by atoms with Gasteiger partial charge in [-0.15, -0.1) is 12.4 Å². The predicted molar refractivity (Wildman–Crippen MR) is 111 cm³/mol. The van der Waals surface area contributed by atoms with Crippen molar-refractivity contribution >= 4 is 47.3 Å². The van der Waals surface area contributed by atoms with Crippen LogP contribution in [0.4, 0.5) is 10.5 Å². The summed E-state index contributed by atoms with van der Waals surface area (Å²) in [6.45, 7) is 4.19. The number of amides is 2. The molecule has 1 aliphatic rings. The van der Waals surface area contributed by atoms with Gasteiger partial charge >= 0.3 is 6.03 Å². The number of carbonyl (C=O) groups excluding carboxylic acids is 1. The number of urea groups is 1. The van der Waals surface area contributed by atoms with Crippen LogP contribution in [0.25, 0.3) is 0 Å². The molecule has 1 atom stereocenters. The molecule has 140 valence electrons. The Kier molecular flexibility index (Phi) is 7.18. The Labute approximate surface area is 170 Å². The van der Waals surface area contributed by atoms with Crippen LogP contribution in [0.1, 0.15) is 29.5 Å². The van der Waals surface area contributed by atoms with Gasteiger partial charge in [0.15, 0.2) is 0 Å². The quantitative estimate of drug-likeness (QED) is 0.731. The summed E-state index contributed by atoms with van der Waals surface area (Å²) in [5.74, 6) is 0.198. The second-order valence-electron chi connectivity index (χ2n) is 6.31. The van der Waals surface area contributed by atoms with Crippen LogP contribution in [0.15, 0.2) is 36.4 Å². The average Bonchev–Trinajstić information content (AvgIpc) is 2.56. The van der Waals surface area contributed by atoms with Gasteiger partial charge in [0.1, 0.15) is 0 Å². The maximum Gasteiger partial charge on any atom is 0.319 e. The van der Waals surface area contributed by atoms with Crippen LogP contribution in [0.2, 0.25) is 10.0 Å². The molecule has 4 nitrogen and oxygen atoms in total. The number of nitrogens with one attached hydrogen (secondary N) is 2. The van der Waals surface area contributed by atoms with Gasteiger partial charge in [0.25, 0.3) is 0 Å². The van der Waals surface area contributed by atoms with Crippen LogP contribution in [0.3, 0.4) is 0 Å². The first-order chi connectivity index (χ1) is 12.0. The van der Waals surface area contributed by atoms with Gasteiger partial charge < -0.3 is 15.5 Å². The maximum atomic E-state index is 11.6. The van der Waals surface area contributed by atoms with Gasteiger partial charge in [-0.2, -0.15) is 0 Å². The standard InChI is InChI=1S/C19H21Cl2N3O.ClH/c1-3-22-19(25)23-14-6-4-12(5-7-14)16-10-24(2)11-17-15(16)8-13(20)9-18(17)21;/h4-9,16H,3,10-11H2,1-2H3,(H2,22,23,25);1H. The molecular formula is C19H22Cl3N3O. The van der Waals surface area contributed by atoms with Crippen LogP contribution in [0, 0.1) is 0 Å². The molecule has 0 saturated carbocycles. The van der Waals surface area contributed by atoms with Crippen molar-refractivity contribution in [2.45, 2.75) is 19.4 Å². The van der Waals surface area contributed by atoms with Gasteiger partial charge in [-0.3, -0.25) is 0 Å². The van der Waals surface area contributed by atoms with Crippen LogP contribution < -0.4 is 10.6 Å². The lowest BCUT2D eigenvalue weighted by molar-refractivity contribution is 0.252. The number of fused-ring (bicyclic) bond motifs is 1. The number of carbonyl (C=O) groups is 1. The smallest absolute Gasteiger partial charge is 0.319 e. The molecule has 0 fully saturated rings. The van der Waals surface area contributed by atoms with E-state index in [2.05, 4.69) is 22.6 Å². The fourth-order valence-electron chi connectivity index (χ4n) is 3.27. The second-order valence-corrected chi connectivity index (χ2v) is 7.15. The summed E-state index contributed by atoms with van der Waals surface area (Å²) >= 11 is 12.6. The Morgan fingerprint density at radius 3 is 2.58 bits per heavy atom. The van der Waals surface area contributed by atoms with Crippen molar-refractivity contribution in [1.29, 1.82) is 0 Å². The molecule has 26 heavy (non-hydrogen) atoms. The van der Waals surface area contributed by atoms with Gasteiger partial charge in [0.2, 0.25) is 0 Å². The monoisotopic (exact) mass is 413 g/mol. The second kappa shape index (κ2) is 8.96. The number of nitrogens with zero attached hydrogens (tertiary/aromatic N) is 1. The minimum absolute atomic E-state index is 0. The molecule has 0 aliphatic carbocycles. The SMILES string of the molecule is CCNC(=O)Nc1ccc(C2CN(C)Cc3c(Cl)cc(Cl)cc32)cc1.Cl. The Hall–Kier alpha value is -1.46. The third kappa shape index (κ3) is 4.63. The lowest BCUT2D eigenvalue weighted by Crippen LogP contribution is -2.31. The highest BCUT2D eigenvalue weighted by molar-refractivity contribution is 6.35. The molecule has 1 aliphatic heterocycles. The van der Waals surface area contributed by atoms with Crippen molar-refractivity contribution in [2.24, 2.45) is 0 Å². The van der Waals surface area contributed by atoms with Gasteiger partial charge in [-0.1, -0.05) is 35.3 Å². The summed E-state index contributed by atoms with van der Waals surface area (Å²) < 4.78 is 0. The Morgan fingerprint density at radius 1 is 1.23 bits per heavy atom. The molecule has 0 spiro atoms. The number of hydrogen-bond donors (Lipinski definition) is 2. The first-order valence-corrected chi connectivity index (χ1v) is 9.04. The van der Waals surface area contributed by atoms with E-state index in [1.807, 2.05) is 37.3 Å². The largest absolute Gasteiger partial charge is 0.338 e. The number of rotatable bonds is 3. The van der Waals surface area contributed by atoms with Crippen molar-refractivity contribution in [3.63, 3.8) is 0 Å². The number of halogens is 3. The van der Waals surface area contributed by atoms with Crippen molar-refractivity contribution in [3.8, 4) is 0 Å². The lowest BCUT2D eigenvalue weighted by atomic mass is 9.85. The van der Waals surface area contributed by atoms with E-state index in [1.165, 1.54) is 11.1 Å². The maximum absolute atomic E-state index is 11.6. The Balaban J connectivity index is 0.00000243. The molecule has 2 N–H and O–H groups in total. The lowest BCUT2D eigenvalue weighted by Gasteiger charge is -2.33. The molecule has 0 bridgehead atoms. The van der Waals surface area contributed by atoms with E-state index in [0.29, 0.717) is 16.6 Å². The summed E-state index contributed by atoms with van der Waals surface area (Å²) in [6.07, 6.45) is 0. The van der Waals surface area contributed by atoms with Crippen LogP contribution in [-0.2, 0) is 6.54 Å². The molecule has 2 aromatic rings. The molecule has 0 radical (unpaired) electrons. The molecule has 3 rings (SSSR count). The molecule has 1 unspecified atom stereocenters. The zero-order valence-corrected chi connectivity index (χ0v) is 17.0. The molecule has 1 heterocycles. The van der Waals surface area contributed by atoms with Crippen molar-refractivity contribution in [1.82, 2.24) is 10.2 Å². The third-order valence-corrected chi connectivity index (χ3v) is 4.96. The van der Waals surface area contributed by atoms with Crippen molar-refractivity contribution < 1.29 is 4.79 Å². The number of anilines is 1. The van der Waals surface area contributed by atoms with E-state index in [1.54, 1.807) is 6.07 Å². The van der Waals surface area contributed by atoms with E-state index in [4.69, 9.17) is 23.2 Å². The van der Waals surface area contributed by atoms with Gasteiger partial charge in [-0.05, 0) is 54.9 Å². The molecule has 7 heteroatoms. The zero-order chi connectivity index (χ0) is 18.0. The average molecular weight is 415 g/mol. The molecule has 0 saturated heterocycles. The van der Waals surface area contributed by atoms with Gasteiger partial charge in [-0.25, -0.2) is 4.79 Å². The van der Waals surface area contributed by atoms with Gasteiger partial charge in [0, 0.05) is 41.3 Å². The highest BCUT2D eigenvalue weighted by atomic mass is 35.5. The summed E-state index contributed by atoms with van der Waals surface area (Å²) in [7, 11) is 2.09. The summed E-state index contributed by atoms with van der Waals surface area (Å²) in [5.41, 5.74) is 4.25. The minimum atomic E-state index is -0.198. The predicted octanol–water partition coefficient (Wildman–Crippen LogP) is 5.13. The zero-order valence-electron chi connectivity index (χ0n) is 14.7. The van der Waals surface area contributed by atoms with E-state index in [0.717, 1.165) is 24.3 Å². The molecular weight excluding hydrogens is 393 g/mol. The first-order valence-electron chi connectivity index (χ1n) is 8.29. The first kappa shape index (κ1) is 20.8. The van der Waals surface area contributed by atoms with Crippen LogP contribution in [-0.4, -0.2) is 31.1 Å². The summed E-state index contributed by atoms with van der Waals surface area (Å²) in [6, 6.07) is 11.6. The van der Waals surface area contributed by atoms with E-state index in [9.17, 15) is 4.79 Å². The fourth-order valence-corrected chi connectivity index (χ4v) is 3.83. The third-order valence-electron chi connectivity index (χ3n) is 4.40. The molecule has 0 aromatic heterocycles.